The highest BCUT2D eigenvalue weighted by Gasteiger charge is 2.20. The van der Waals surface area contributed by atoms with Crippen LogP contribution < -0.4 is 4.90 Å². The minimum absolute atomic E-state index is 0.118. The first-order valence-corrected chi connectivity index (χ1v) is 5.88. The quantitative estimate of drug-likeness (QED) is 0.769. The second-order valence-electron chi connectivity index (χ2n) is 4.31. The van der Waals surface area contributed by atoms with Crippen LogP contribution in [0, 0.1) is 0 Å². The fourth-order valence-corrected chi connectivity index (χ4v) is 2.43. The van der Waals surface area contributed by atoms with E-state index in [0.29, 0.717) is 0 Å². The van der Waals surface area contributed by atoms with Gasteiger partial charge in [-0.05, 0) is 25.0 Å². The topological polar surface area (TPSA) is 24.7 Å². The number of rotatable bonds is 2. The van der Waals surface area contributed by atoms with Crippen LogP contribution in [0.2, 0.25) is 5.02 Å². The fourth-order valence-electron chi connectivity index (χ4n) is 2.22. The molecule has 1 fully saturated rings. The molecule has 0 aliphatic carbocycles. The van der Waals surface area contributed by atoms with E-state index in [-0.39, 0.29) is 6.10 Å². The van der Waals surface area contributed by atoms with E-state index >= 15 is 0 Å². The van der Waals surface area contributed by atoms with Crippen LogP contribution in [0.1, 0.15) is 18.4 Å². The van der Waals surface area contributed by atoms with Gasteiger partial charge in [-0.15, -0.1) is 0 Å². The second-order valence-corrected chi connectivity index (χ2v) is 4.74. The number of aliphatic hydroxyl groups is 1. The van der Waals surface area contributed by atoms with Crippen molar-refractivity contribution in [2.45, 2.75) is 25.5 Å². The van der Waals surface area contributed by atoms with E-state index in [1.165, 1.54) is 10.5 Å². The summed E-state index contributed by atoms with van der Waals surface area (Å²) in [7, 11) is 0. The average molecular weight is 227 g/mol. The molecule has 1 unspecified atom stereocenters. The van der Waals surface area contributed by atoms with E-state index in [4.69, 9.17) is 11.6 Å². The van der Waals surface area contributed by atoms with Crippen LogP contribution in [0.25, 0.3) is 0 Å². The molecule has 82 valence electrons. The highest BCUT2D eigenvalue weighted by atomic mass is 35.5. The zero-order valence-corrected chi connectivity index (χ0v) is 9.50. The van der Waals surface area contributed by atoms with Gasteiger partial charge in [-0.1, -0.05) is 23.7 Å². The van der Waals surface area contributed by atoms with Gasteiger partial charge in [0.25, 0.3) is 0 Å². The number of quaternary nitrogens is 1. The Morgan fingerprint density at radius 2 is 2.33 bits per heavy atom. The Kier molecular flexibility index (Phi) is 3.62. The summed E-state index contributed by atoms with van der Waals surface area (Å²) < 4.78 is 0. The van der Waals surface area contributed by atoms with Crippen LogP contribution in [0.5, 0.6) is 0 Å². The highest BCUT2D eigenvalue weighted by molar-refractivity contribution is 6.30. The Labute approximate surface area is 95.5 Å². The number of piperidine rings is 1. The molecule has 1 aliphatic heterocycles. The number of nitrogens with one attached hydrogen (secondary N) is 1. The predicted molar refractivity (Wildman–Crippen MR) is 61.1 cm³/mol. The normalized spacial score (nSPS) is 26.5. The Balaban J connectivity index is 1.96. The summed E-state index contributed by atoms with van der Waals surface area (Å²) in [6.45, 7) is 2.99. The first kappa shape index (κ1) is 10.9. The van der Waals surface area contributed by atoms with Crippen LogP contribution in [0.3, 0.4) is 0 Å². The molecule has 2 atom stereocenters. The molecule has 2 nitrogen and oxygen atoms in total. The molecule has 1 aromatic rings. The van der Waals surface area contributed by atoms with Gasteiger partial charge in [0.05, 0.1) is 6.54 Å². The molecule has 0 bridgehead atoms. The third kappa shape index (κ3) is 3.20. The van der Waals surface area contributed by atoms with Crippen LogP contribution in [0.4, 0.5) is 0 Å². The largest absolute Gasteiger partial charge is 0.387 e. The van der Waals surface area contributed by atoms with Crippen molar-refractivity contribution in [1.82, 2.24) is 0 Å². The summed E-state index contributed by atoms with van der Waals surface area (Å²) in [4.78, 5) is 1.45. The number of aliphatic hydroxyl groups excluding tert-OH is 1. The number of likely N-dealkylation sites (tertiary alicyclic amines) is 1. The van der Waals surface area contributed by atoms with Gasteiger partial charge < -0.3 is 10.0 Å². The van der Waals surface area contributed by atoms with Crippen LogP contribution >= 0.6 is 11.6 Å². The zero-order valence-electron chi connectivity index (χ0n) is 8.75. The van der Waals surface area contributed by atoms with E-state index in [1.807, 2.05) is 18.2 Å². The molecule has 1 saturated heterocycles. The molecule has 1 aromatic carbocycles. The fraction of sp³-hybridized carbons (Fsp3) is 0.500. The van der Waals surface area contributed by atoms with Crippen molar-refractivity contribution in [1.29, 1.82) is 0 Å². The lowest BCUT2D eigenvalue weighted by Gasteiger charge is -2.27. The van der Waals surface area contributed by atoms with Crippen LogP contribution in [-0.4, -0.2) is 24.3 Å². The van der Waals surface area contributed by atoms with E-state index < -0.39 is 0 Å². The lowest BCUT2D eigenvalue weighted by Crippen LogP contribution is -3.12. The molecular formula is C12H17ClNO+. The highest BCUT2D eigenvalue weighted by Crippen LogP contribution is 2.09. The summed E-state index contributed by atoms with van der Waals surface area (Å²) in [5.41, 5.74) is 1.26. The lowest BCUT2D eigenvalue weighted by molar-refractivity contribution is -0.921. The van der Waals surface area contributed by atoms with Crippen LogP contribution in [0.15, 0.2) is 24.3 Å². The monoisotopic (exact) mass is 226 g/mol. The molecule has 2 N–H and O–H groups in total. The first-order valence-electron chi connectivity index (χ1n) is 5.50. The third-order valence-corrected chi connectivity index (χ3v) is 3.17. The van der Waals surface area contributed by atoms with Crippen molar-refractivity contribution in [2.75, 3.05) is 13.1 Å². The first-order chi connectivity index (χ1) is 7.24. The second kappa shape index (κ2) is 4.97. The lowest BCUT2D eigenvalue weighted by atomic mass is 10.1. The summed E-state index contributed by atoms with van der Waals surface area (Å²) in [5.74, 6) is 0. The standard InChI is InChI=1S/C12H16ClNO/c13-11-4-1-3-10(7-11)8-14-6-2-5-12(15)9-14/h1,3-4,7,12,15H,2,5-6,8-9H2/p+1/t12-/m1/s1. The van der Waals surface area contributed by atoms with E-state index in [1.54, 1.807) is 0 Å². The minimum atomic E-state index is -0.118. The molecule has 2 rings (SSSR count). The maximum atomic E-state index is 9.57. The number of benzene rings is 1. The molecule has 0 saturated carbocycles. The Hall–Kier alpha value is -0.570. The van der Waals surface area contributed by atoms with Gasteiger partial charge in [0, 0.05) is 10.6 Å². The van der Waals surface area contributed by atoms with Crippen LogP contribution in [-0.2, 0) is 6.54 Å². The zero-order chi connectivity index (χ0) is 10.7. The number of halogens is 1. The minimum Gasteiger partial charge on any atom is -0.387 e. The Bertz CT molecular complexity index is 329. The maximum absolute atomic E-state index is 9.57. The van der Waals surface area contributed by atoms with Gasteiger partial charge in [0.1, 0.15) is 19.2 Å². The van der Waals surface area contributed by atoms with Crippen molar-refractivity contribution < 1.29 is 10.0 Å². The predicted octanol–water partition coefficient (Wildman–Crippen LogP) is 0.880. The van der Waals surface area contributed by atoms with E-state index in [9.17, 15) is 5.11 Å². The van der Waals surface area contributed by atoms with Crippen molar-refractivity contribution >= 4 is 11.6 Å². The van der Waals surface area contributed by atoms with Gasteiger partial charge in [-0.3, -0.25) is 0 Å². The van der Waals surface area contributed by atoms with Crippen molar-refractivity contribution in [3.05, 3.63) is 34.9 Å². The van der Waals surface area contributed by atoms with Gasteiger partial charge in [0.15, 0.2) is 0 Å². The molecule has 1 heterocycles. The average Bonchev–Trinajstić information content (AvgIpc) is 2.17. The van der Waals surface area contributed by atoms with Crippen molar-refractivity contribution in [2.24, 2.45) is 0 Å². The Morgan fingerprint density at radius 3 is 3.07 bits per heavy atom. The summed E-state index contributed by atoms with van der Waals surface area (Å²) in [5, 5.41) is 10.4. The van der Waals surface area contributed by atoms with Gasteiger partial charge >= 0.3 is 0 Å². The SMILES string of the molecule is O[C@@H]1CCC[NH+](Cc2cccc(Cl)c2)C1. The molecule has 0 amide bonds. The van der Waals surface area contributed by atoms with E-state index in [2.05, 4.69) is 6.07 Å². The van der Waals surface area contributed by atoms with Gasteiger partial charge in [-0.25, -0.2) is 0 Å². The summed E-state index contributed by atoms with van der Waals surface area (Å²) in [6.07, 6.45) is 1.96. The molecule has 0 radical (unpaired) electrons. The summed E-state index contributed by atoms with van der Waals surface area (Å²) >= 11 is 5.93. The molecule has 15 heavy (non-hydrogen) atoms. The number of hydrogen-bond donors (Lipinski definition) is 2. The molecule has 1 aliphatic rings. The molecule has 3 heteroatoms. The number of hydrogen-bond acceptors (Lipinski definition) is 1. The van der Waals surface area contributed by atoms with Crippen molar-refractivity contribution in [3.8, 4) is 0 Å². The smallest absolute Gasteiger partial charge is 0.104 e. The maximum Gasteiger partial charge on any atom is 0.104 e. The van der Waals surface area contributed by atoms with Gasteiger partial charge in [-0.2, -0.15) is 0 Å². The third-order valence-electron chi connectivity index (χ3n) is 2.94. The van der Waals surface area contributed by atoms with E-state index in [0.717, 1.165) is 37.5 Å². The van der Waals surface area contributed by atoms with Gasteiger partial charge in [0.2, 0.25) is 0 Å². The molecular weight excluding hydrogens is 210 g/mol. The summed E-state index contributed by atoms with van der Waals surface area (Å²) in [6, 6.07) is 7.98. The Morgan fingerprint density at radius 1 is 1.47 bits per heavy atom. The molecule has 0 spiro atoms. The molecule has 0 aromatic heterocycles. The van der Waals surface area contributed by atoms with Crippen molar-refractivity contribution in [3.63, 3.8) is 0 Å².